The van der Waals surface area contributed by atoms with Crippen molar-refractivity contribution in [3.05, 3.63) is 84.5 Å². The Bertz CT molecular complexity index is 1110. The second-order valence-corrected chi connectivity index (χ2v) is 8.10. The molecule has 0 radical (unpaired) electrons. The monoisotopic (exact) mass is 472 g/mol. The third-order valence-electron chi connectivity index (χ3n) is 4.56. The molecule has 0 amide bonds. The van der Waals surface area contributed by atoms with Crippen molar-refractivity contribution in [2.45, 2.75) is 33.4 Å². The topological polar surface area (TPSA) is 69.5 Å². The third kappa shape index (κ3) is 8.31. The largest absolute Gasteiger partial charge is 0.412 e. The van der Waals surface area contributed by atoms with Gasteiger partial charge in [-0.2, -0.15) is 13.2 Å². The van der Waals surface area contributed by atoms with E-state index < -0.39 is 11.7 Å². The Morgan fingerprint density at radius 2 is 2.00 bits per heavy atom. The average molecular weight is 473 g/mol. The first-order valence-corrected chi connectivity index (χ1v) is 10.7. The highest BCUT2D eigenvalue weighted by atomic mass is 19.4. The molecule has 6 nitrogen and oxygen atoms in total. The highest BCUT2D eigenvalue weighted by Crippen LogP contribution is 2.24. The summed E-state index contributed by atoms with van der Waals surface area (Å²) in [7, 11) is 1.67. The van der Waals surface area contributed by atoms with Crippen molar-refractivity contribution in [2.24, 2.45) is 15.9 Å². The van der Waals surface area contributed by atoms with Crippen LogP contribution in [-0.4, -0.2) is 34.9 Å². The van der Waals surface area contributed by atoms with Crippen LogP contribution in [0.25, 0.3) is 0 Å². The summed E-state index contributed by atoms with van der Waals surface area (Å²) in [5, 5.41) is 3.27. The second-order valence-electron chi connectivity index (χ2n) is 8.10. The fourth-order valence-electron chi connectivity index (χ4n) is 2.90. The normalized spacial score (nSPS) is 13.3. The Kier molecular flexibility index (Phi) is 9.29. The quantitative estimate of drug-likeness (QED) is 0.204. The number of allylic oxidation sites excluding steroid dienone is 6. The zero-order chi connectivity index (χ0) is 25.3. The van der Waals surface area contributed by atoms with Crippen LogP contribution in [0.3, 0.4) is 0 Å². The van der Waals surface area contributed by atoms with E-state index in [1.165, 1.54) is 18.4 Å². The number of hydrogen-bond acceptors (Lipinski definition) is 3. The molecule has 0 saturated carbocycles. The SMILES string of the molecule is C=C(/C=C\C=C(/C)C(F)(F)F)/C=N/c1[nH]ccc1/C(=N\C)Nc1ccn(NC(=C)CC(C)C)c1. The summed E-state index contributed by atoms with van der Waals surface area (Å²) < 4.78 is 39.4. The van der Waals surface area contributed by atoms with Crippen LogP contribution in [0.15, 0.2) is 88.9 Å². The van der Waals surface area contributed by atoms with E-state index in [9.17, 15) is 13.2 Å². The van der Waals surface area contributed by atoms with Gasteiger partial charge in [-0.15, -0.1) is 0 Å². The van der Waals surface area contributed by atoms with Crippen LogP contribution in [0.5, 0.6) is 0 Å². The minimum atomic E-state index is -4.35. The molecule has 0 unspecified atom stereocenters. The Labute approximate surface area is 198 Å². The minimum absolute atomic E-state index is 0.444. The van der Waals surface area contributed by atoms with Gasteiger partial charge in [-0.3, -0.25) is 15.1 Å². The lowest BCUT2D eigenvalue weighted by molar-refractivity contribution is -0.0913. The summed E-state index contributed by atoms with van der Waals surface area (Å²) in [5.74, 6) is 1.64. The number of rotatable bonds is 10. The number of aliphatic imine (C=N–C) groups is 2. The van der Waals surface area contributed by atoms with Gasteiger partial charge in [0.25, 0.3) is 0 Å². The fraction of sp³-hybridized carbons (Fsp3) is 0.280. The maximum Gasteiger partial charge on any atom is 0.412 e. The fourth-order valence-corrected chi connectivity index (χ4v) is 2.90. The number of aromatic nitrogens is 2. The first kappa shape index (κ1) is 26.5. The zero-order valence-electron chi connectivity index (χ0n) is 19.9. The molecular formula is C25H31F3N6. The van der Waals surface area contributed by atoms with Gasteiger partial charge in [-0.1, -0.05) is 45.2 Å². The molecule has 9 heteroatoms. The molecule has 0 fully saturated rings. The summed E-state index contributed by atoms with van der Waals surface area (Å²) in [5.41, 5.74) is 5.45. The summed E-state index contributed by atoms with van der Waals surface area (Å²) in [6, 6.07) is 3.73. The van der Waals surface area contributed by atoms with Gasteiger partial charge in [0, 0.05) is 43.1 Å². The number of amidine groups is 1. The van der Waals surface area contributed by atoms with Crippen molar-refractivity contribution in [3.63, 3.8) is 0 Å². The number of hydrogen-bond donors (Lipinski definition) is 3. The molecule has 2 aromatic rings. The zero-order valence-corrected chi connectivity index (χ0v) is 19.9. The van der Waals surface area contributed by atoms with Crippen LogP contribution >= 0.6 is 0 Å². The van der Waals surface area contributed by atoms with Crippen molar-refractivity contribution in [2.75, 3.05) is 17.8 Å². The average Bonchev–Trinajstić information content (AvgIpc) is 3.38. The van der Waals surface area contributed by atoms with E-state index in [1.54, 1.807) is 13.2 Å². The van der Waals surface area contributed by atoms with Gasteiger partial charge in [-0.25, -0.2) is 4.99 Å². The third-order valence-corrected chi connectivity index (χ3v) is 4.56. The number of nitrogens with zero attached hydrogens (tertiary/aromatic N) is 3. The number of halogens is 3. The summed E-state index contributed by atoms with van der Waals surface area (Å²) in [6.07, 6.45) is 7.22. The standard InChI is InChI=1S/C25H31F3N6/c1-17(2)14-20(5)33-34-13-11-21(16-34)32-23(29-6)22-10-12-30-24(22)31-15-18(3)8-7-9-19(4)25(26,27)28/h7-13,15-17,30,33H,3,5,14H2,1-2,4,6H3,(H,29,32)/b8-7-,19-9+,31-15+. The number of H-pyrrole nitrogens is 1. The molecule has 0 saturated heterocycles. The Morgan fingerprint density at radius 1 is 1.26 bits per heavy atom. The molecule has 34 heavy (non-hydrogen) atoms. The van der Waals surface area contributed by atoms with E-state index >= 15 is 0 Å². The van der Waals surface area contributed by atoms with Crippen molar-refractivity contribution < 1.29 is 13.2 Å². The second kappa shape index (κ2) is 11.9. The van der Waals surface area contributed by atoms with E-state index in [1.807, 2.05) is 29.2 Å². The van der Waals surface area contributed by atoms with Crippen molar-refractivity contribution in [3.8, 4) is 0 Å². The number of anilines is 1. The lowest BCUT2D eigenvalue weighted by Gasteiger charge is -2.12. The Morgan fingerprint density at radius 3 is 2.65 bits per heavy atom. The Hall–Kier alpha value is -3.75. The molecule has 0 aromatic carbocycles. The molecule has 0 spiro atoms. The van der Waals surface area contributed by atoms with Gasteiger partial charge in [0.1, 0.15) is 11.7 Å². The molecule has 2 heterocycles. The van der Waals surface area contributed by atoms with Crippen LogP contribution in [0, 0.1) is 5.92 Å². The molecule has 182 valence electrons. The first-order chi connectivity index (χ1) is 16.0. The lowest BCUT2D eigenvalue weighted by Crippen LogP contribution is -2.14. The van der Waals surface area contributed by atoms with Crippen LogP contribution in [-0.2, 0) is 0 Å². The molecule has 0 aliphatic heterocycles. The van der Waals surface area contributed by atoms with Crippen LogP contribution < -0.4 is 10.7 Å². The van der Waals surface area contributed by atoms with Gasteiger partial charge in [0.2, 0.25) is 0 Å². The predicted molar refractivity (Wildman–Crippen MR) is 136 cm³/mol. The maximum absolute atomic E-state index is 12.5. The van der Waals surface area contributed by atoms with Crippen molar-refractivity contribution in [1.82, 2.24) is 9.66 Å². The number of aromatic amines is 1. The molecule has 2 rings (SSSR count). The van der Waals surface area contributed by atoms with Gasteiger partial charge in [-0.05, 0) is 37.0 Å². The molecule has 0 aliphatic carbocycles. The first-order valence-electron chi connectivity index (χ1n) is 10.7. The summed E-state index contributed by atoms with van der Waals surface area (Å²) in [6.45, 7) is 13.1. The Balaban J connectivity index is 2.06. The van der Waals surface area contributed by atoms with E-state index in [0.29, 0.717) is 23.1 Å². The minimum Gasteiger partial charge on any atom is -0.346 e. The van der Waals surface area contributed by atoms with Gasteiger partial charge < -0.3 is 10.3 Å². The highest BCUT2D eigenvalue weighted by molar-refractivity contribution is 6.11. The smallest absolute Gasteiger partial charge is 0.346 e. The summed E-state index contributed by atoms with van der Waals surface area (Å²) >= 11 is 0. The van der Waals surface area contributed by atoms with Crippen molar-refractivity contribution in [1.29, 1.82) is 0 Å². The lowest BCUT2D eigenvalue weighted by atomic mass is 10.1. The van der Waals surface area contributed by atoms with Crippen molar-refractivity contribution >= 4 is 23.6 Å². The van der Waals surface area contributed by atoms with E-state index in [4.69, 9.17) is 0 Å². The van der Waals surface area contributed by atoms with E-state index in [0.717, 1.165) is 36.4 Å². The molecular weight excluding hydrogens is 441 g/mol. The molecule has 3 N–H and O–H groups in total. The summed E-state index contributed by atoms with van der Waals surface area (Å²) in [4.78, 5) is 11.7. The number of nitrogens with one attached hydrogen (secondary N) is 3. The van der Waals surface area contributed by atoms with Crippen LogP contribution in [0.2, 0.25) is 0 Å². The van der Waals surface area contributed by atoms with Crippen LogP contribution in [0.4, 0.5) is 24.7 Å². The molecule has 0 aliphatic rings. The number of alkyl halides is 3. The van der Waals surface area contributed by atoms with Gasteiger partial charge >= 0.3 is 6.18 Å². The predicted octanol–water partition coefficient (Wildman–Crippen LogP) is 6.73. The van der Waals surface area contributed by atoms with E-state index in [2.05, 4.69) is 52.7 Å². The van der Waals surface area contributed by atoms with Crippen LogP contribution in [0.1, 0.15) is 32.8 Å². The van der Waals surface area contributed by atoms with E-state index in [-0.39, 0.29) is 0 Å². The molecule has 0 bridgehead atoms. The molecule has 2 aromatic heterocycles. The maximum atomic E-state index is 12.5. The highest BCUT2D eigenvalue weighted by Gasteiger charge is 2.29. The van der Waals surface area contributed by atoms with Gasteiger partial charge in [0.05, 0.1) is 11.3 Å². The molecule has 0 atom stereocenters. The van der Waals surface area contributed by atoms with Gasteiger partial charge in [0.15, 0.2) is 0 Å².